The van der Waals surface area contributed by atoms with Crippen molar-refractivity contribution in [1.29, 1.82) is 0 Å². The summed E-state index contributed by atoms with van der Waals surface area (Å²) >= 11 is 0. The molecule has 0 saturated carbocycles. The van der Waals surface area contributed by atoms with Gasteiger partial charge in [-0.25, -0.2) is 0 Å². The minimum Gasteiger partial charge on any atom is -0.550 e. The number of carboxylic acids is 1. The van der Waals surface area contributed by atoms with E-state index in [1.807, 2.05) is 36.4 Å². The van der Waals surface area contributed by atoms with E-state index in [2.05, 4.69) is 0 Å². The van der Waals surface area contributed by atoms with Gasteiger partial charge in [-0.3, -0.25) is 4.57 Å². The first kappa shape index (κ1) is 17.4. The van der Waals surface area contributed by atoms with Gasteiger partial charge < -0.3 is 20.1 Å². The number of rotatable bonds is 8. The fraction of sp³-hybridized carbons (Fsp3) is 0.235. The molecule has 3 N–H and O–H groups in total. The molecule has 0 amide bonds. The van der Waals surface area contributed by atoms with Crippen LogP contribution in [0.15, 0.2) is 60.7 Å². The van der Waals surface area contributed by atoms with Crippen molar-refractivity contribution in [2.45, 2.75) is 18.7 Å². The molecule has 1 unspecified atom stereocenters. The van der Waals surface area contributed by atoms with Gasteiger partial charge in [0.05, 0.1) is 0 Å². The van der Waals surface area contributed by atoms with E-state index >= 15 is 0 Å². The fourth-order valence-electron chi connectivity index (χ4n) is 2.44. The van der Waals surface area contributed by atoms with Gasteiger partial charge in [0.25, 0.3) is 7.37 Å². The van der Waals surface area contributed by atoms with Crippen molar-refractivity contribution >= 4 is 13.3 Å². The second-order valence-corrected chi connectivity index (χ2v) is 7.90. The molecule has 23 heavy (non-hydrogen) atoms. The van der Waals surface area contributed by atoms with E-state index in [1.54, 1.807) is 29.6 Å². The van der Waals surface area contributed by atoms with E-state index in [0.717, 1.165) is 5.56 Å². The lowest BCUT2D eigenvalue weighted by Gasteiger charge is -2.22. The topological polar surface area (TPSA) is 94.0 Å². The van der Waals surface area contributed by atoms with Crippen LogP contribution >= 0.6 is 7.37 Å². The molecule has 0 heterocycles. The van der Waals surface area contributed by atoms with Crippen molar-refractivity contribution in [2.75, 3.05) is 6.16 Å². The summed E-state index contributed by atoms with van der Waals surface area (Å²) < 4.78 is 12.7. The summed E-state index contributed by atoms with van der Waals surface area (Å²) in [5.41, 5.74) is 1.75. The summed E-state index contributed by atoms with van der Waals surface area (Å²) in [5.74, 6) is -2.00. The molecule has 2 aromatic rings. The number of carbonyl (C=O) groups is 1. The third-order valence-electron chi connectivity index (χ3n) is 3.63. The Morgan fingerprint density at radius 1 is 1.09 bits per heavy atom. The van der Waals surface area contributed by atoms with Gasteiger partial charge in [-0.1, -0.05) is 60.7 Å². The largest absolute Gasteiger partial charge is 0.550 e. The van der Waals surface area contributed by atoms with E-state index in [4.69, 9.17) is 0 Å². The minimum absolute atomic E-state index is 0.291. The van der Waals surface area contributed by atoms with Crippen LogP contribution in [0.2, 0.25) is 0 Å². The van der Waals surface area contributed by atoms with Crippen LogP contribution in [0.25, 0.3) is 0 Å². The number of quaternary nitrogens is 1. The molecular formula is C17H20NO4P. The number of hydrogen-bond donors (Lipinski definition) is 2. The average Bonchev–Trinajstić information content (AvgIpc) is 2.55. The molecule has 0 aromatic heterocycles. The molecule has 2 rings (SSSR count). The number of benzene rings is 2. The first-order valence-corrected chi connectivity index (χ1v) is 9.34. The third kappa shape index (κ3) is 5.32. The highest BCUT2D eigenvalue weighted by Crippen LogP contribution is 2.52. The number of nitrogens with two attached hydrogens (primary N) is 1. The second kappa shape index (κ2) is 8.06. The van der Waals surface area contributed by atoms with Crippen LogP contribution in [0.1, 0.15) is 23.3 Å². The van der Waals surface area contributed by atoms with E-state index < -0.39 is 25.5 Å². The first-order chi connectivity index (χ1) is 11.0. The molecule has 0 saturated heterocycles. The number of hydrogen-bond acceptors (Lipinski definition) is 3. The summed E-state index contributed by atoms with van der Waals surface area (Å²) in [6.07, 6.45) is -0.712. The Bertz CT molecular complexity index is 676. The number of carboxylic acid groups (broad SMARTS) is 1. The summed E-state index contributed by atoms with van der Waals surface area (Å²) in [6, 6.07) is 18.6. The van der Waals surface area contributed by atoms with Crippen LogP contribution in [0.3, 0.4) is 0 Å². The maximum Gasteiger partial charge on any atom is 0.261 e. The van der Waals surface area contributed by atoms with Crippen molar-refractivity contribution in [3.8, 4) is 0 Å². The molecule has 6 heteroatoms. The lowest BCUT2D eigenvalue weighted by Crippen LogP contribution is -2.83. The van der Waals surface area contributed by atoms with Crippen LogP contribution in [0, 0.1) is 0 Å². The zero-order valence-corrected chi connectivity index (χ0v) is 13.6. The Morgan fingerprint density at radius 3 is 2.22 bits per heavy atom. The average molecular weight is 333 g/mol. The van der Waals surface area contributed by atoms with Gasteiger partial charge in [-0.05, 0) is 6.42 Å². The molecular weight excluding hydrogens is 313 g/mol. The summed E-state index contributed by atoms with van der Waals surface area (Å²) in [7, 11) is -3.69. The molecule has 0 fully saturated rings. The maximum absolute atomic E-state index is 12.7. The van der Waals surface area contributed by atoms with Gasteiger partial charge in [-0.15, -0.1) is 0 Å². The van der Waals surface area contributed by atoms with Gasteiger partial charge in [0.2, 0.25) is 0 Å². The molecule has 0 aliphatic rings. The molecule has 0 bridgehead atoms. The van der Waals surface area contributed by atoms with Gasteiger partial charge in [0.15, 0.2) is 5.78 Å². The Labute approximate surface area is 135 Å². The SMILES string of the molecule is O=C([O-])CCP(=O)(O)[C@H]([NH2+]Cc1ccccc1)c1ccccc1. The summed E-state index contributed by atoms with van der Waals surface area (Å²) in [5, 5.41) is 12.4. The predicted octanol–water partition coefficient (Wildman–Crippen LogP) is 0.859. The Kier molecular flexibility index (Phi) is 6.11. The Balaban J connectivity index is 2.18. The number of carbonyl (C=O) groups excluding carboxylic acids is 1. The molecule has 0 radical (unpaired) electrons. The monoisotopic (exact) mass is 333 g/mol. The first-order valence-electron chi connectivity index (χ1n) is 7.42. The maximum atomic E-state index is 12.7. The highest BCUT2D eigenvalue weighted by molar-refractivity contribution is 7.58. The zero-order chi connectivity index (χ0) is 16.7. The number of aliphatic carboxylic acids is 1. The quantitative estimate of drug-likeness (QED) is 0.701. The van der Waals surface area contributed by atoms with Crippen LogP contribution in [0.5, 0.6) is 0 Å². The molecule has 2 atom stereocenters. The van der Waals surface area contributed by atoms with Crippen molar-refractivity contribution < 1.29 is 24.7 Å². The predicted molar refractivity (Wildman–Crippen MR) is 85.6 cm³/mol. The molecule has 0 aliphatic carbocycles. The third-order valence-corrected chi connectivity index (χ3v) is 5.87. The lowest BCUT2D eigenvalue weighted by atomic mass is 10.2. The van der Waals surface area contributed by atoms with Gasteiger partial charge in [0.1, 0.15) is 6.54 Å². The lowest BCUT2D eigenvalue weighted by molar-refractivity contribution is -0.692. The fourth-order valence-corrected chi connectivity index (χ4v) is 4.29. The molecule has 122 valence electrons. The van der Waals surface area contributed by atoms with Crippen LogP contribution in [-0.2, 0) is 15.9 Å². The van der Waals surface area contributed by atoms with E-state index in [0.29, 0.717) is 12.1 Å². The standard InChI is InChI=1S/C17H20NO4P/c19-16(20)11-12-23(21,22)17(15-9-5-2-6-10-15)18-13-14-7-3-1-4-8-14/h1-10,17-18H,11-13H2,(H,19,20)(H,21,22)/t17-/m0/s1. The van der Waals surface area contributed by atoms with Crippen molar-refractivity contribution in [2.24, 2.45) is 0 Å². The van der Waals surface area contributed by atoms with E-state index in [-0.39, 0.29) is 6.16 Å². The summed E-state index contributed by atoms with van der Waals surface area (Å²) in [4.78, 5) is 21.0. The van der Waals surface area contributed by atoms with Gasteiger partial charge >= 0.3 is 0 Å². The summed E-state index contributed by atoms with van der Waals surface area (Å²) in [6.45, 7) is 0.538. The van der Waals surface area contributed by atoms with Crippen LogP contribution in [0.4, 0.5) is 0 Å². The van der Waals surface area contributed by atoms with Crippen molar-refractivity contribution in [3.63, 3.8) is 0 Å². The van der Waals surface area contributed by atoms with Crippen molar-refractivity contribution in [3.05, 3.63) is 71.8 Å². The molecule has 2 aromatic carbocycles. The van der Waals surface area contributed by atoms with E-state index in [1.165, 1.54) is 0 Å². The van der Waals surface area contributed by atoms with Gasteiger partial charge in [0, 0.05) is 23.3 Å². The Morgan fingerprint density at radius 2 is 1.65 bits per heavy atom. The van der Waals surface area contributed by atoms with Gasteiger partial charge in [-0.2, -0.15) is 0 Å². The van der Waals surface area contributed by atoms with Crippen LogP contribution in [-0.4, -0.2) is 17.0 Å². The highest BCUT2D eigenvalue weighted by Gasteiger charge is 2.35. The molecule has 0 aliphatic heterocycles. The normalized spacial score (nSPS) is 14.8. The highest BCUT2D eigenvalue weighted by atomic mass is 31.2. The minimum atomic E-state index is -3.69. The smallest absolute Gasteiger partial charge is 0.261 e. The molecule has 5 nitrogen and oxygen atoms in total. The zero-order valence-electron chi connectivity index (χ0n) is 12.7. The van der Waals surface area contributed by atoms with Crippen molar-refractivity contribution in [1.82, 2.24) is 0 Å². The van der Waals surface area contributed by atoms with Crippen LogP contribution < -0.4 is 10.4 Å². The second-order valence-electron chi connectivity index (χ2n) is 5.38. The Hall–Kier alpha value is -1.94. The molecule has 0 spiro atoms. The van der Waals surface area contributed by atoms with E-state index in [9.17, 15) is 19.4 Å².